The summed E-state index contributed by atoms with van der Waals surface area (Å²) >= 11 is 0. The lowest BCUT2D eigenvalue weighted by atomic mass is 10.1. The molecule has 0 saturated heterocycles. The fourth-order valence-electron chi connectivity index (χ4n) is 2.86. The predicted molar refractivity (Wildman–Crippen MR) is 97.7 cm³/mol. The number of aromatic nitrogens is 6. The van der Waals surface area contributed by atoms with Gasteiger partial charge in [-0.05, 0) is 37.3 Å². The fourth-order valence-corrected chi connectivity index (χ4v) is 2.86. The number of halogens is 1. The number of rotatable bonds is 5. The first-order valence-corrected chi connectivity index (χ1v) is 8.42. The van der Waals surface area contributed by atoms with Gasteiger partial charge in [0.2, 0.25) is 0 Å². The summed E-state index contributed by atoms with van der Waals surface area (Å²) in [4.78, 5) is 4.30. The van der Waals surface area contributed by atoms with Crippen molar-refractivity contribution in [3.63, 3.8) is 0 Å². The molecule has 3 aromatic heterocycles. The molecule has 0 aliphatic rings. The highest BCUT2D eigenvalue weighted by molar-refractivity contribution is 5.59. The van der Waals surface area contributed by atoms with Crippen LogP contribution in [0.3, 0.4) is 0 Å². The molecule has 0 aliphatic heterocycles. The summed E-state index contributed by atoms with van der Waals surface area (Å²) < 4.78 is 16.5. The molecule has 10 heteroatoms. The molecule has 0 bridgehead atoms. The standard InChI is InChI=1S/C18H15FN8O/c1-11(13-8-12(19)2-3-16(13)28)22-17-4-5-18-21-9-15(27(18)24-17)14-10-26(7-6-20)25-23-14/h2-5,8-11,28H,7H2,1H3,(H,22,24)/t11-/m1/s1. The van der Waals surface area contributed by atoms with Crippen LogP contribution in [0.25, 0.3) is 17.0 Å². The van der Waals surface area contributed by atoms with Crippen LogP contribution in [-0.2, 0) is 6.54 Å². The lowest BCUT2D eigenvalue weighted by molar-refractivity contribution is 0.462. The normalized spacial score (nSPS) is 12.0. The number of phenols is 1. The number of phenolic OH excluding ortho intramolecular Hbond substituents is 1. The minimum Gasteiger partial charge on any atom is -0.508 e. The van der Waals surface area contributed by atoms with Gasteiger partial charge in [0.25, 0.3) is 0 Å². The average Bonchev–Trinajstić information content (AvgIpc) is 3.30. The summed E-state index contributed by atoms with van der Waals surface area (Å²) in [6.07, 6.45) is 3.26. The van der Waals surface area contributed by atoms with Crippen LogP contribution in [0.1, 0.15) is 18.5 Å². The number of hydrogen-bond donors (Lipinski definition) is 2. The van der Waals surface area contributed by atoms with E-state index in [0.29, 0.717) is 28.4 Å². The Morgan fingerprint density at radius 2 is 2.18 bits per heavy atom. The maximum Gasteiger partial charge on any atom is 0.154 e. The fraction of sp³-hybridized carbons (Fsp3) is 0.167. The van der Waals surface area contributed by atoms with Crippen LogP contribution in [0, 0.1) is 17.1 Å². The van der Waals surface area contributed by atoms with E-state index in [1.54, 1.807) is 36.0 Å². The van der Waals surface area contributed by atoms with Crippen LogP contribution >= 0.6 is 0 Å². The molecule has 3 heterocycles. The second-order valence-electron chi connectivity index (χ2n) is 6.16. The molecule has 0 radical (unpaired) electrons. The number of nitrogens with zero attached hydrogens (tertiary/aromatic N) is 7. The van der Waals surface area contributed by atoms with Crippen LogP contribution in [-0.4, -0.2) is 34.7 Å². The SMILES string of the molecule is C[C@@H](Nc1ccc2ncc(-c3cn(CC#N)nn3)n2n1)c1cc(F)ccc1O. The van der Waals surface area contributed by atoms with Gasteiger partial charge in [0.1, 0.15) is 35.3 Å². The number of benzene rings is 1. The molecule has 0 aliphatic carbocycles. The zero-order valence-corrected chi connectivity index (χ0v) is 14.8. The van der Waals surface area contributed by atoms with Crippen molar-refractivity contribution in [1.82, 2.24) is 29.6 Å². The molecule has 1 aromatic carbocycles. The molecular weight excluding hydrogens is 363 g/mol. The van der Waals surface area contributed by atoms with Gasteiger partial charge < -0.3 is 10.4 Å². The predicted octanol–water partition coefficient (Wildman–Crippen LogP) is 2.53. The number of hydrogen-bond acceptors (Lipinski definition) is 7. The molecule has 4 aromatic rings. The number of nitriles is 1. The second kappa shape index (κ2) is 6.96. The van der Waals surface area contributed by atoms with E-state index < -0.39 is 5.82 Å². The van der Waals surface area contributed by atoms with Gasteiger partial charge in [0.05, 0.1) is 24.5 Å². The Hall–Kier alpha value is -4.00. The molecule has 0 saturated carbocycles. The van der Waals surface area contributed by atoms with E-state index in [0.717, 1.165) is 0 Å². The van der Waals surface area contributed by atoms with Gasteiger partial charge >= 0.3 is 0 Å². The largest absolute Gasteiger partial charge is 0.508 e. The first-order chi connectivity index (χ1) is 13.5. The third kappa shape index (κ3) is 3.21. The smallest absolute Gasteiger partial charge is 0.154 e. The van der Waals surface area contributed by atoms with Crippen LogP contribution in [0.5, 0.6) is 5.75 Å². The third-order valence-electron chi connectivity index (χ3n) is 4.22. The number of imidazole rings is 1. The summed E-state index contributed by atoms with van der Waals surface area (Å²) in [5.41, 5.74) is 2.18. The van der Waals surface area contributed by atoms with E-state index in [-0.39, 0.29) is 18.3 Å². The van der Waals surface area contributed by atoms with Crippen molar-refractivity contribution >= 4 is 11.5 Å². The van der Waals surface area contributed by atoms with Gasteiger partial charge in [0.15, 0.2) is 5.65 Å². The molecule has 0 fully saturated rings. The van der Waals surface area contributed by atoms with E-state index in [1.165, 1.54) is 22.9 Å². The Kier molecular flexibility index (Phi) is 4.33. The highest BCUT2D eigenvalue weighted by Gasteiger charge is 2.15. The van der Waals surface area contributed by atoms with Gasteiger partial charge in [-0.25, -0.2) is 18.6 Å². The van der Waals surface area contributed by atoms with E-state index in [2.05, 4.69) is 25.7 Å². The maximum absolute atomic E-state index is 13.5. The van der Waals surface area contributed by atoms with Crippen molar-refractivity contribution in [1.29, 1.82) is 5.26 Å². The Morgan fingerprint density at radius 1 is 1.32 bits per heavy atom. The molecule has 0 unspecified atom stereocenters. The number of anilines is 1. The Bertz CT molecular complexity index is 1190. The summed E-state index contributed by atoms with van der Waals surface area (Å²) in [6, 6.07) is 8.93. The summed E-state index contributed by atoms with van der Waals surface area (Å²) in [6.45, 7) is 1.89. The minimum atomic E-state index is -0.429. The van der Waals surface area contributed by atoms with Crippen LogP contribution in [0.2, 0.25) is 0 Å². The highest BCUT2D eigenvalue weighted by atomic mass is 19.1. The number of nitrogens with one attached hydrogen (secondary N) is 1. The number of aromatic hydroxyl groups is 1. The van der Waals surface area contributed by atoms with E-state index in [4.69, 9.17) is 5.26 Å². The molecule has 4 rings (SSSR count). The van der Waals surface area contributed by atoms with Crippen molar-refractivity contribution < 1.29 is 9.50 Å². The zero-order chi connectivity index (χ0) is 19.7. The van der Waals surface area contributed by atoms with Gasteiger partial charge in [-0.15, -0.1) is 10.2 Å². The molecule has 140 valence electrons. The van der Waals surface area contributed by atoms with Gasteiger partial charge in [-0.3, -0.25) is 0 Å². The van der Waals surface area contributed by atoms with Crippen molar-refractivity contribution in [2.24, 2.45) is 0 Å². The van der Waals surface area contributed by atoms with Gasteiger partial charge in [-0.2, -0.15) is 5.26 Å². The van der Waals surface area contributed by atoms with Crippen LogP contribution in [0.15, 0.2) is 42.7 Å². The van der Waals surface area contributed by atoms with Gasteiger partial charge in [-0.1, -0.05) is 5.21 Å². The van der Waals surface area contributed by atoms with Crippen molar-refractivity contribution in [3.8, 4) is 23.2 Å². The summed E-state index contributed by atoms with van der Waals surface area (Å²) in [5, 5.41) is 34.3. The van der Waals surface area contributed by atoms with E-state index in [9.17, 15) is 9.50 Å². The molecule has 0 spiro atoms. The van der Waals surface area contributed by atoms with Crippen LogP contribution in [0.4, 0.5) is 10.2 Å². The molecular formula is C18H15FN8O. The molecule has 0 amide bonds. The summed E-state index contributed by atoms with van der Waals surface area (Å²) in [5.74, 6) is 0.0782. The summed E-state index contributed by atoms with van der Waals surface area (Å²) in [7, 11) is 0. The van der Waals surface area contributed by atoms with Crippen molar-refractivity contribution in [2.45, 2.75) is 19.5 Å². The quantitative estimate of drug-likeness (QED) is 0.548. The second-order valence-corrected chi connectivity index (χ2v) is 6.16. The lowest BCUT2D eigenvalue weighted by Gasteiger charge is -2.16. The first kappa shape index (κ1) is 17.4. The third-order valence-corrected chi connectivity index (χ3v) is 4.22. The molecule has 28 heavy (non-hydrogen) atoms. The molecule has 2 N–H and O–H groups in total. The number of fused-ring (bicyclic) bond motifs is 1. The van der Waals surface area contributed by atoms with Crippen molar-refractivity contribution in [2.75, 3.05) is 5.32 Å². The molecule has 9 nitrogen and oxygen atoms in total. The molecule has 1 atom stereocenters. The Labute approximate surface area is 158 Å². The monoisotopic (exact) mass is 378 g/mol. The van der Waals surface area contributed by atoms with E-state index >= 15 is 0 Å². The minimum absolute atomic E-state index is 0.0000881. The highest BCUT2D eigenvalue weighted by Crippen LogP contribution is 2.27. The maximum atomic E-state index is 13.5. The van der Waals surface area contributed by atoms with E-state index in [1.807, 2.05) is 6.07 Å². The Morgan fingerprint density at radius 3 is 3.00 bits per heavy atom. The van der Waals surface area contributed by atoms with Gasteiger partial charge in [0, 0.05) is 5.56 Å². The Balaban J connectivity index is 1.65. The average molecular weight is 378 g/mol. The van der Waals surface area contributed by atoms with Crippen LogP contribution < -0.4 is 5.32 Å². The first-order valence-electron chi connectivity index (χ1n) is 8.42. The zero-order valence-electron chi connectivity index (χ0n) is 14.8. The topological polar surface area (TPSA) is 117 Å². The van der Waals surface area contributed by atoms with Crippen molar-refractivity contribution in [3.05, 3.63) is 54.1 Å². The lowest BCUT2D eigenvalue weighted by Crippen LogP contribution is -2.10.